The lowest BCUT2D eigenvalue weighted by atomic mass is 10.1. The van der Waals surface area contributed by atoms with E-state index in [2.05, 4.69) is 0 Å². The molecule has 5 nitrogen and oxygen atoms in total. The molecule has 1 saturated heterocycles. The van der Waals surface area contributed by atoms with Crippen LogP contribution in [0.5, 0.6) is 0 Å². The summed E-state index contributed by atoms with van der Waals surface area (Å²) in [4.78, 5) is 27.5. The number of carbonyl (C=O) groups excluding carboxylic acids is 2. The first-order valence-electron chi connectivity index (χ1n) is 9.04. The average Bonchev–Trinajstić information content (AvgIpc) is 3.19. The summed E-state index contributed by atoms with van der Waals surface area (Å²) in [6.45, 7) is 4.43. The molecule has 0 spiro atoms. The predicted octanol–water partition coefficient (Wildman–Crippen LogP) is 3.61. The number of ether oxygens (including phenoxy) is 2. The molecule has 7 heteroatoms. The van der Waals surface area contributed by atoms with Crippen LogP contribution in [-0.4, -0.2) is 48.7 Å². The van der Waals surface area contributed by atoms with Gasteiger partial charge in [0.2, 0.25) is 0 Å². The van der Waals surface area contributed by atoms with Crippen molar-refractivity contribution >= 4 is 34.9 Å². The molecular formula is C21H22FNO4S. The van der Waals surface area contributed by atoms with Gasteiger partial charge in [-0.15, -0.1) is 11.3 Å². The molecule has 0 saturated carbocycles. The molecule has 0 N–H and O–H groups in total. The summed E-state index contributed by atoms with van der Waals surface area (Å²) in [5, 5.41) is 1.85. The third-order valence-corrected chi connectivity index (χ3v) is 5.19. The van der Waals surface area contributed by atoms with E-state index in [1.807, 2.05) is 25.3 Å². The van der Waals surface area contributed by atoms with Crippen molar-refractivity contribution < 1.29 is 23.5 Å². The molecule has 1 aliphatic rings. The minimum atomic E-state index is -0.588. The van der Waals surface area contributed by atoms with Gasteiger partial charge in [-0.25, -0.2) is 9.18 Å². The lowest BCUT2D eigenvalue weighted by Crippen LogP contribution is -2.49. The largest absolute Gasteiger partial charge is 0.452 e. The lowest BCUT2D eigenvalue weighted by Gasteiger charge is -2.35. The molecule has 2 heterocycles. The van der Waals surface area contributed by atoms with E-state index in [0.29, 0.717) is 24.2 Å². The van der Waals surface area contributed by atoms with Crippen LogP contribution in [0.1, 0.15) is 24.3 Å². The summed E-state index contributed by atoms with van der Waals surface area (Å²) >= 11 is 1.39. The highest BCUT2D eigenvalue weighted by atomic mass is 32.1. The topological polar surface area (TPSA) is 55.8 Å². The quantitative estimate of drug-likeness (QED) is 0.565. The smallest absolute Gasteiger partial charge is 0.340 e. The number of rotatable bonds is 5. The third kappa shape index (κ3) is 5.27. The summed E-state index contributed by atoms with van der Waals surface area (Å²) in [6, 6.07) is 9.44. The Bertz CT molecular complexity index is 838. The number of nitrogens with zero attached hydrogens (tertiary/aromatic N) is 1. The number of hydrogen-bond donors (Lipinski definition) is 0. The van der Waals surface area contributed by atoms with Crippen LogP contribution in [-0.2, 0) is 19.1 Å². The lowest BCUT2D eigenvalue weighted by molar-refractivity contribution is -0.154. The monoisotopic (exact) mass is 403 g/mol. The molecule has 1 fully saturated rings. The molecule has 1 aromatic carbocycles. The zero-order valence-corrected chi connectivity index (χ0v) is 16.6. The van der Waals surface area contributed by atoms with Crippen molar-refractivity contribution in [1.82, 2.24) is 4.90 Å². The Balaban J connectivity index is 1.70. The Kier molecular flexibility index (Phi) is 6.59. The van der Waals surface area contributed by atoms with Gasteiger partial charge in [-0.1, -0.05) is 18.2 Å². The number of hydrogen-bond acceptors (Lipinski definition) is 5. The first-order chi connectivity index (χ1) is 13.4. The fourth-order valence-corrected chi connectivity index (χ4v) is 3.80. The molecule has 1 aliphatic heterocycles. The second-order valence-corrected chi connectivity index (χ2v) is 7.67. The maximum absolute atomic E-state index is 13.1. The van der Waals surface area contributed by atoms with Gasteiger partial charge in [0.1, 0.15) is 5.82 Å². The number of benzene rings is 1. The van der Waals surface area contributed by atoms with Crippen molar-refractivity contribution in [2.24, 2.45) is 0 Å². The molecule has 2 aromatic rings. The van der Waals surface area contributed by atoms with E-state index in [4.69, 9.17) is 9.47 Å². The van der Waals surface area contributed by atoms with Gasteiger partial charge in [0.15, 0.2) is 6.61 Å². The molecular weight excluding hydrogens is 381 g/mol. The van der Waals surface area contributed by atoms with E-state index < -0.39 is 5.97 Å². The van der Waals surface area contributed by atoms with Crippen LogP contribution in [0.25, 0.3) is 11.6 Å². The van der Waals surface area contributed by atoms with Crippen molar-refractivity contribution in [3.05, 3.63) is 58.0 Å². The third-order valence-electron chi connectivity index (χ3n) is 4.29. The van der Waals surface area contributed by atoms with Crippen molar-refractivity contribution in [2.45, 2.75) is 26.1 Å². The van der Waals surface area contributed by atoms with Crippen LogP contribution in [0, 0.1) is 5.82 Å². The Hall–Kier alpha value is -2.51. The molecule has 3 rings (SSSR count). The van der Waals surface area contributed by atoms with Crippen molar-refractivity contribution in [2.75, 3.05) is 19.7 Å². The van der Waals surface area contributed by atoms with Gasteiger partial charge < -0.3 is 14.4 Å². The number of esters is 1. The Morgan fingerprint density at radius 1 is 1.21 bits per heavy atom. The van der Waals surface area contributed by atoms with E-state index in [-0.39, 0.29) is 30.5 Å². The fourth-order valence-electron chi connectivity index (χ4n) is 3.07. The highest BCUT2D eigenvalue weighted by molar-refractivity contribution is 7.11. The van der Waals surface area contributed by atoms with Gasteiger partial charge in [-0.3, -0.25) is 4.79 Å². The minimum Gasteiger partial charge on any atom is -0.452 e. The normalized spacial score (nSPS) is 20.1. The summed E-state index contributed by atoms with van der Waals surface area (Å²) in [6.07, 6.45) is 1.53. The molecule has 0 aliphatic carbocycles. The van der Waals surface area contributed by atoms with E-state index in [9.17, 15) is 14.0 Å². The van der Waals surface area contributed by atoms with Crippen LogP contribution in [0.2, 0.25) is 0 Å². The molecule has 1 aromatic heterocycles. The van der Waals surface area contributed by atoms with Gasteiger partial charge in [0.05, 0.1) is 17.8 Å². The number of morpholine rings is 1. The SMILES string of the molecule is C[C@@H]1CN(C(=O)COC(=O)/C(=C/c2ccc(F)cc2)c2cccs2)C[C@H](C)O1. The van der Waals surface area contributed by atoms with Gasteiger partial charge in [-0.05, 0) is 49.1 Å². The van der Waals surface area contributed by atoms with E-state index in [0.717, 1.165) is 4.88 Å². The highest BCUT2D eigenvalue weighted by Gasteiger charge is 2.27. The van der Waals surface area contributed by atoms with Gasteiger partial charge >= 0.3 is 5.97 Å². The van der Waals surface area contributed by atoms with Crippen molar-refractivity contribution in [3.63, 3.8) is 0 Å². The predicted molar refractivity (Wildman–Crippen MR) is 106 cm³/mol. The molecule has 1 amide bonds. The van der Waals surface area contributed by atoms with E-state index in [1.165, 1.54) is 23.5 Å². The highest BCUT2D eigenvalue weighted by Crippen LogP contribution is 2.24. The average molecular weight is 403 g/mol. The van der Waals surface area contributed by atoms with Gasteiger partial charge in [-0.2, -0.15) is 0 Å². The summed E-state index contributed by atoms with van der Waals surface area (Å²) in [5.74, 6) is -1.19. The summed E-state index contributed by atoms with van der Waals surface area (Å²) in [5.41, 5.74) is 1.00. The second kappa shape index (κ2) is 9.12. The number of thiophene rings is 1. The van der Waals surface area contributed by atoms with Gasteiger partial charge in [0.25, 0.3) is 5.91 Å². The van der Waals surface area contributed by atoms with Crippen molar-refractivity contribution in [3.8, 4) is 0 Å². The molecule has 0 unspecified atom stereocenters. The fraction of sp³-hybridized carbons (Fsp3) is 0.333. The number of amides is 1. The molecule has 148 valence electrons. The Morgan fingerprint density at radius 3 is 2.50 bits per heavy atom. The van der Waals surface area contributed by atoms with Gasteiger partial charge in [0, 0.05) is 18.0 Å². The molecule has 28 heavy (non-hydrogen) atoms. The first kappa shape index (κ1) is 20.2. The number of carbonyl (C=O) groups is 2. The second-order valence-electron chi connectivity index (χ2n) is 6.72. The van der Waals surface area contributed by atoms with Crippen LogP contribution in [0.15, 0.2) is 41.8 Å². The maximum Gasteiger partial charge on any atom is 0.340 e. The first-order valence-corrected chi connectivity index (χ1v) is 9.92. The Labute approximate surface area is 167 Å². The summed E-state index contributed by atoms with van der Waals surface area (Å²) in [7, 11) is 0. The van der Waals surface area contributed by atoms with Crippen LogP contribution >= 0.6 is 11.3 Å². The van der Waals surface area contributed by atoms with Crippen LogP contribution < -0.4 is 0 Å². The maximum atomic E-state index is 13.1. The van der Waals surface area contributed by atoms with Crippen LogP contribution in [0.4, 0.5) is 4.39 Å². The number of halogens is 1. The standard InChI is InChI=1S/C21H22FNO4S/c1-14-11-23(12-15(2)27-14)20(24)13-26-21(25)18(19-4-3-9-28-19)10-16-5-7-17(22)8-6-16/h3-10,14-15H,11-13H2,1-2H3/b18-10+/t14-,15+. The molecule has 2 atom stereocenters. The van der Waals surface area contributed by atoms with Crippen molar-refractivity contribution in [1.29, 1.82) is 0 Å². The summed E-state index contributed by atoms with van der Waals surface area (Å²) < 4.78 is 24.1. The Morgan fingerprint density at radius 2 is 1.89 bits per heavy atom. The molecule has 0 radical (unpaired) electrons. The minimum absolute atomic E-state index is 0.0524. The molecule has 0 bridgehead atoms. The van der Waals surface area contributed by atoms with E-state index >= 15 is 0 Å². The zero-order valence-electron chi connectivity index (χ0n) is 15.8. The van der Waals surface area contributed by atoms with Crippen LogP contribution in [0.3, 0.4) is 0 Å². The van der Waals surface area contributed by atoms with E-state index in [1.54, 1.807) is 29.2 Å². The zero-order chi connectivity index (χ0) is 20.1.